The summed E-state index contributed by atoms with van der Waals surface area (Å²) in [6.45, 7) is 4.37. The van der Waals surface area contributed by atoms with Crippen LogP contribution in [0.3, 0.4) is 0 Å². The normalized spacial score (nSPS) is 12.6. The van der Waals surface area contributed by atoms with Crippen molar-refractivity contribution in [1.82, 2.24) is 10.2 Å². The van der Waals surface area contributed by atoms with Gasteiger partial charge in [-0.1, -0.05) is 37.6 Å². The van der Waals surface area contributed by atoms with Crippen molar-refractivity contribution < 1.29 is 4.42 Å². The highest BCUT2D eigenvalue weighted by atomic mass is 16.4. The fourth-order valence-corrected chi connectivity index (χ4v) is 3.32. The number of benzene rings is 2. The highest BCUT2D eigenvalue weighted by molar-refractivity contribution is 5.67. The molecule has 0 atom stereocenters. The highest BCUT2D eigenvalue weighted by Crippen LogP contribution is 2.29. The van der Waals surface area contributed by atoms with Crippen LogP contribution in [-0.4, -0.2) is 10.2 Å². The Bertz CT molecular complexity index is 937. The van der Waals surface area contributed by atoms with Crippen LogP contribution in [0.2, 0.25) is 0 Å². The molecule has 1 aromatic heterocycles. The van der Waals surface area contributed by atoms with Crippen molar-refractivity contribution in [3.8, 4) is 22.9 Å². The van der Waals surface area contributed by atoms with E-state index >= 15 is 0 Å². The van der Waals surface area contributed by atoms with Gasteiger partial charge in [0.25, 0.3) is 0 Å². The number of aromatic nitrogens is 2. The molecule has 0 saturated heterocycles. The van der Waals surface area contributed by atoms with Crippen LogP contribution in [-0.2, 0) is 12.8 Å². The van der Waals surface area contributed by atoms with E-state index < -0.39 is 0 Å². The fourth-order valence-electron chi connectivity index (χ4n) is 3.32. The van der Waals surface area contributed by atoms with Gasteiger partial charge >= 0.3 is 0 Å². The first-order chi connectivity index (χ1) is 12.2. The Morgan fingerprint density at radius 1 is 1.00 bits per heavy atom. The van der Waals surface area contributed by atoms with E-state index in [4.69, 9.17) is 4.42 Å². The molecule has 1 aliphatic carbocycles. The SMILES string of the molecule is CCCCc1ccc(-c2nnc(-c3ccc4c(c3)C=CC4)o2)cc1C. The Morgan fingerprint density at radius 3 is 2.52 bits per heavy atom. The largest absolute Gasteiger partial charge is 0.416 e. The number of unbranched alkanes of at least 4 members (excludes halogenated alkanes) is 1. The average Bonchev–Trinajstić information content (AvgIpc) is 3.29. The third kappa shape index (κ3) is 3.14. The Kier molecular flexibility index (Phi) is 4.22. The summed E-state index contributed by atoms with van der Waals surface area (Å²) in [6, 6.07) is 12.7. The molecule has 1 aliphatic rings. The van der Waals surface area contributed by atoms with Gasteiger partial charge in [-0.15, -0.1) is 10.2 Å². The first kappa shape index (κ1) is 15.8. The van der Waals surface area contributed by atoms with Gasteiger partial charge in [-0.2, -0.15) is 0 Å². The molecule has 1 heterocycles. The van der Waals surface area contributed by atoms with Crippen molar-refractivity contribution in [3.63, 3.8) is 0 Å². The third-order valence-electron chi connectivity index (χ3n) is 4.84. The molecule has 25 heavy (non-hydrogen) atoms. The lowest BCUT2D eigenvalue weighted by Gasteiger charge is -2.06. The van der Waals surface area contributed by atoms with Crippen LogP contribution in [0.1, 0.15) is 42.0 Å². The molecule has 126 valence electrons. The van der Waals surface area contributed by atoms with Crippen molar-refractivity contribution in [3.05, 3.63) is 64.7 Å². The van der Waals surface area contributed by atoms with Crippen LogP contribution < -0.4 is 0 Å². The molecule has 3 heteroatoms. The maximum Gasteiger partial charge on any atom is 0.248 e. The number of rotatable bonds is 5. The summed E-state index contributed by atoms with van der Waals surface area (Å²) in [5, 5.41) is 8.50. The van der Waals surface area contributed by atoms with Gasteiger partial charge in [0, 0.05) is 11.1 Å². The van der Waals surface area contributed by atoms with E-state index in [-0.39, 0.29) is 0 Å². The minimum atomic E-state index is 0.575. The first-order valence-corrected chi connectivity index (χ1v) is 8.98. The number of hydrogen-bond acceptors (Lipinski definition) is 3. The summed E-state index contributed by atoms with van der Waals surface area (Å²) in [4.78, 5) is 0. The molecule has 0 aliphatic heterocycles. The summed E-state index contributed by atoms with van der Waals surface area (Å²) < 4.78 is 5.95. The van der Waals surface area contributed by atoms with E-state index in [0.717, 1.165) is 24.0 Å². The Balaban J connectivity index is 1.61. The van der Waals surface area contributed by atoms with E-state index in [2.05, 4.69) is 72.6 Å². The highest BCUT2D eigenvalue weighted by Gasteiger charge is 2.13. The summed E-state index contributed by atoms with van der Waals surface area (Å²) >= 11 is 0. The van der Waals surface area contributed by atoms with Gasteiger partial charge in [0.05, 0.1) is 0 Å². The molecule has 0 radical (unpaired) electrons. The fraction of sp³-hybridized carbons (Fsp3) is 0.273. The van der Waals surface area contributed by atoms with Gasteiger partial charge < -0.3 is 4.42 Å². The quantitative estimate of drug-likeness (QED) is 0.609. The van der Waals surface area contributed by atoms with Gasteiger partial charge in [-0.25, -0.2) is 0 Å². The smallest absolute Gasteiger partial charge is 0.248 e. The number of aryl methyl sites for hydroxylation is 2. The molecule has 0 saturated carbocycles. The molecule has 0 fully saturated rings. The van der Waals surface area contributed by atoms with Crippen LogP contribution in [0.4, 0.5) is 0 Å². The number of allylic oxidation sites excluding steroid dienone is 1. The molecule has 0 N–H and O–H groups in total. The third-order valence-corrected chi connectivity index (χ3v) is 4.84. The van der Waals surface area contributed by atoms with Gasteiger partial charge in [0.15, 0.2) is 0 Å². The molecule has 0 bridgehead atoms. The molecule has 4 rings (SSSR count). The minimum absolute atomic E-state index is 0.575. The standard InChI is InChI=1S/C22H22N2O/c1-3-4-6-16-9-11-19(13-15(16)2)21-23-24-22(25-21)20-12-10-17-7-5-8-18(17)14-20/h5,8-14H,3-4,6-7H2,1-2H3. The van der Waals surface area contributed by atoms with Gasteiger partial charge in [0.2, 0.25) is 11.8 Å². The summed E-state index contributed by atoms with van der Waals surface area (Å²) in [7, 11) is 0. The summed E-state index contributed by atoms with van der Waals surface area (Å²) in [5.41, 5.74) is 7.23. The zero-order chi connectivity index (χ0) is 17.2. The van der Waals surface area contributed by atoms with Crippen LogP contribution >= 0.6 is 0 Å². The van der Waals surface area contributed by atoms with Crippen molar-refractivity contribution in [1.29, 1.82) is 0 Å². The van der Waals surface area contributed by atoms with Crippen molar-refractivity contribution in [2.45, 2.75) is 39.5 Å². The second-order valence-corrected chi connectivity index (χ2v) is 6.68. The molecule has 3 aromatic rings. The van der Waals surface area contributed by atoms with Crippen LogP contribution in [0, 0.1) is 6.92 Å². The first-order valence-electron chi connectivity index (χ1n) is 8.98. The maximum atomic E-state index is 5.95. The second-order valence-electron chi connectivity index (χ2n) is 6.68. The van der Waals surface area contributed by atoms with E-state index in [1.165, 1.54) is 35.1 Å². The van der Waals surface area contributed by atoms with Gasteiger partial charge in [-0.3, -0.25) is 0 Å². The Hall–Kier alpha value is -2.68. The number of hydrogen-bond donors (Lipinski definition) is 0. The van der Waals surface area contributed by atoms with Gasteiger partial charge in [0.1, 0.15) is 0 Å². The van der Waals surface area contributed by atoms with Crippen molar-refractivity contribution in [2.24, 2.45) is 0 Å². The Labute approximate surface area is 148 Å². The topological polar surface area (TPSA) is 38.9 Å². The predicted octanol–water partition coefficient (Wildman–Crippen LogP) is 5.62. The van der Waals surface area contributed by atoms with E-state index in [1.54, 1.807) is 0 Å². The molecular formula is C22H22N2O. The average molecular weight is 330 g/mol. The maximum absolute atomic E-state index is 5.95. The van der Waals surface area contributed by atoms with E-state index in [1.807, 2.05) is 0 Å². The zero-order valence-electron chi connectivity index (χ0n) is 14.7. The number of nitrogens with zero attached hydrogens (tertiary/aromatic N) is 2. The molecule has 0 spiro atoms. The van der Waals surface area contributed by atoms with Crippen LogP contribution in [0.15, 0.2) is 46.9 Å². The molecular weight excluding hydrogens is 308 g/mol. The molecule has 0 amide bonds. The summed E-state index contributed by atoms with van der Waals surface area (Å²) in [6.07, 6.45) is 8.89. The second kappa shape index (κ2) is 6.67. The number of fused-ring (bicyclic) bond motifs is 1. The van der Waals surface area contributed by atoms with E-state index in [0.29, 0.717) is 11.8 Å². The lowest BCUT2D eigenvalue weighted by Crippen LogP contribution is -1.90. The lowest BCUT2D eigenvalue weighted by atomic mass is 10.0. The van der Waals surface area contributed by atoms with Crippen LogP contribution in [0.25, 0.3) is 29.0 Å². The summed E-state index contributed by atoms with van der Waals surface area (Å²) in [5.74, 6) is 1.15. The molecule has 2 aromatic carbocycles. The van der Waals surface area contributed by atoms with Gasteiger partial charge in [-0.05, 0) is 72.7 Å². The van der Waals surface area contributed by atoms with Crippen molar-refractivity contribution >= 4 is 6.08 Å². The zero-order valence-corrected chi connectivity index (χ0v) is 14.7. The van der Waals surface area contributed by atoms with Crippen LogP contribution in [0.5, 0.6) is 0 Å². The predicted molar refractivity (Wildman–Crippen MR) is 101 cm³/mol. The molecule has 3 nitrogen and oxygen atoms in total. The monoisotopic (exact) mass is 330 g/mol. The minimum Gasteiger partial charge on any atom is -0.416 e. The lowest BCUT2D eigenvalue weighted by molar-refractivity contribution is 0.584. The molecule has 0 unspecified atom stereocenters. The van der Waals surface area contributed by atoms with Crippen molar-refractivity contribution in [2.75, 3.05) is 0 Å². The Morgan fingerprint density at radius 2 is 1.76 bits per heavy atom. The van der Waals surface area contributed by atoms with E-state index in [9.17, 15) is 0 Å².